The Morgan fingerprint density at radius 1 is 1.25 bits per heavy atom. The number of aryl methyl sites for hydroxylation is 2. The summed E-state index contributed by atoms with van der Waals surface area (Å²) in [4.78, 5) is 19.1. The van der Waals surface area contributed by atoms with E-state index >= 15 is 0 Å². The summed E-state index contributed by atoms with van der Waals surface area (Å²) in [6.07, 6.45) is 7.16. The average molecular weight is 297 g/mol. The van der Waals surface area contributed by atoms with E-state index in [4.69, 9.17) is 0 Å². The largest absolute Gasteiger partial charge is 0.310 e. The van der Waals surface area contributed by atoms with Crippen LogP contribution in [0.1, 0.15) is 55.7 Å². The Bertz CT molecular complexity index is 459. The lowest BCUT2D eigenvalue weighted by atomic mass is 10.1. The van der Waals surface area contributed by atoms with Gasteiger partial charge >= 0.3 is 0 Å². The second kappa shape index (κ2) is 9.19. The van der Waals surface area contributed by atoms with Gasteiger partial charge in [-0.3, -0.25) is 4.79 Å². The Kier molecular flexibility index (Phi) is 7.92. The topological polar surface area (TPSA) is 57.8 Å². The maximum absolute atomic E-state index is 12.0. The Labute approximate surface area is 126 Å². The molecular weight excluding hydrogens is 270 g/mol. The molecule has 0 amide bonds. The van der Waals surface area contributed by atoms with Crippen molar-refractivity contribution in [3.05, 3.63) is 27.4 Å². The number of aromatic nitrogens is 2. The summed E-state index contributed by atoms with van der Waals surface area (Å²) in [6.45, 7) is 6.69. The first-order valence-corrected chi connectivity index (χ1v) is 8.75. The highest BCUT2D eigenvalue weighted by atomic mass is 32.2. The van der Waals surface area contributed by atoms with Crippen molar-refractivity contribution in [2.45, 2.75) is 52.5 Å². The van der Waals surface area contributed by atoms with Crippen molar-refractivity contribution in [1.29, 1.82) is 0 Å². The van der Waals surface area contributed by atoms with E-state index in [9.17, 15) is 4.79 Å². The summed E-state index contributed by atoms with van der Waals surface area (Å²) in [5, 5.41) is 3.43. The zero-order valence-corrected chi connectivity index (χ0v) is 13.9. The fourth-order valence-electron chi connectivity index (χ4n) is 2.39. The number of unbranched alkanes of at least 4 members (excludes halogenated alkanes) is 3. The van der Waals surface area contributed by atoms with Gasteiger partial charge in [0.2, 0.25) is 0 Å². The fraction of sp³-hybridized carbons (Fsp3) is 0.733. The standard InChI is InChI=1S/C15H27N3OS/c1-11(16-9-7-5-6-8-10-20-4)14-12(2)17-13(3)18-15(14)19/h11,16H,5-10H2,1-4H3,(H,17,18,19). The predicted octanol–water partition coefficient (Wildman–Crippen LogP) is 2.96. The molecule has 1 atom stereocenters. The van der Waals surface area contributed by atoms with E-state index in [1.54, 1.807) is 0 Å². The van der Waals surface area contributed by atoms with Crippen molar-refractivity contribution in [2.24, 2.45) is 0 Å². The number of thioether (sulfide) groups is 1. The van der Waals surface area contributed by atoms with Gasteiger partial charge in [0.25, 0.3) is 5.56 Å². The number of nitrogens with zero attached hydrogens (tertiary/aromatic N) is 1. The molecular formula is C15H27N3OS. The molecule has 0 saturated heterocycles. The van der Waals surface area contributed by atoms with Gasteiger partial charge in [-0.05, 0) is 52.2 Å². The normalized spacial score (nSPS) is 12.6. The summed E-state index contributed by atoms with van der Waals surface area (Å²) in [6, 6.07) is 0.0537. The molecule has 0 aliphatic heterocycles. The highest BCUT2D eigenvalue weighted by molar-refractivity contribution is 7.98. The molecule has 0 fully saturated rings. The van der Waals surface area contributed by atoms with E-state index in [0.717, 1.165) is 24.2 Å². The molecule has 0 aromatic carbocycles. The molecule has 1 unspecified atom stereocenters. The minimum absolute atomic E-state index is 0.0185. The molecule has 1 aromatic heterocycles. The summed E-state index contributed by atoms with van der Waals surface area (Å²) in [7, 11) is 0. The number of rotatable bonds is 9. The molecule has 0 saturated carbocycles. The van der Waals surface area contributed by atoms with E-state index < -0.39 is 0 Å². The van der Waals surface area contributed by atoms with Gasteiger partial charge < -0.3 is 10.3 Å². The minimum Gasteiger partial charge on any atom is -0.310 e. The third-order valence-corrected chi connectivity index (χ3v) is 4.12. The first-order valence-electron chi connectivity index (χ1n) is 7.36. The van der Waals surface area contributed by atoms with Crippen LogP contribution in [0.2, 0.25) is 0 Å². The molecule has 0 aliphatic carbocycles. The Balaban J connectivity index is 2.36. The highest BCUT2D eigenvalue weighted by Crippen LogP contribution is 2.11. The van der Waals surface area contributed by atoms with Crippen molar-refractivity contribution < 1.29 is 0 Å². The van der Waals surface area contributed by atoms with Crippen LogP contribution in [0.15, 0.2) is 4.79 Å². The maximum atomic E-state index is 12.0. The molecule has 1 aromatic rings. The number of H-pyrrole nitrogens is 1. The van der Waals surface area contributed by atoms with E-state index in [-0.39, 0.29) is 11.6 Å². The second-order valence-corrected chi connectivity index (χ2v) is 6.22. The van der Waals surface area contributed by atoms with Crippen molar-refractivity contribution in [2.75, 3.05) is 18.6 Å². The van der Waals surface area contributed by atoms with Crippen molar-refractivity contribution in [3.8, 4) is 0 Å². The van der Waals surface area contributed by atoms with Crippen LogP contribution < -0.4 is 10.9 Å². The highest BCUT2D eigenvalue weighted by Gasteiger charge is 2.13. The number of hydrogen-bond donors (Lipinski definition) is 2. The van der Waals surface area contributed by atoms with Gasteiger partial charge in [0.1, 0.15) is 5.82 Å². The number of aromatic amines is 1. The van der Waals surface area contributed by atoms with E-state index in [2.05, 4.69) is 21.5 Å². The van der Waals surface area contributed by atoms with Crippen molar-refractivity contribution in [3.63, 3.8) is 0 Å². The zero-order chi connectivity index (χ0) is 15.0. The van der Waals surface area contributed by atoms with Gasteiger partial charge in [0, 0.05) is 11.7 Å². The quantitative estimate of drug-likeness (QED) is 0.688. The average Bonchev–Trinajstić information content (AvgIpc) is 2.36. The predicted molar refractivity (Wildman–Crippen MR) is 87.6 cm³/mol. The van der Waals surface area contributed by atoms with E-state index in [0.29, 0.717) is 5.82 Å². The van der Waals surface area contributed by atoms with Crippen molar-refractivity contribution >= 4 is 11.8 Å². The molecule has 0 spiro atoms. The van der Waals surface area contributed by atoms with Crippen LogP contribution in [0, 0.1) is 13.8 Å². The molecule has 20 heavy (non-hydrogen) atoms. The van der Waals surface area contributed by atoms with Gasteiger partial charge in [0.15, 0.2) is 0 Å². The van der Waals surface area contributed by atoms with Crippen LogP contribution in [0.5, 0.6) is 0 Å². The molecule has 1 rings (SSSR count). The van der Waals surface area contributed by atoms with Crippen LogP contribution in [0.4, 0.5) is 0 Å². The fourth-order valence-corrected chi connectivity index (χ4v) is 2.88. The van der Waals surface area contributed by atoms with Gasteiger partial charge in [-0.2, -0.15) is 11.8 Å². The SMILES string of the molecule is CSCCCCCCNC(C)c1c(C)nc(C)[nH]c1=O. The lowest BCUT2D eigenvalue weighted by Crippen LogP contribution is -2.28. The molecule has 0 radical (unpaired) electrons. The van der Waals surface area contributed by atoms with Crippen LogP contribution >= 0.6 is 11.8 Å². The zero-order valence-electron chi connectivity index (χ0n) is 13.1. The van der Waals surface area contributed by atoms with Gasteiger partial charge in [-0.25, -0.2) is 4.98 Å². The van der Waals surface area contributed by atoms with Crippen LogP contribution in [-0.4, -0.2) is 28.5 Å². The first-order chi connectivity index (χ1) is 9.56. The Morgan fingerprint density at radius 3 is 2.60 bits per heavy atom. The van der Waals surface area contributed by atoms with Crippen molar-refractivity contribution in [1.82, 2.24) is 15.3 Å². The van der Waals surface area contributed by atoms with Gasteiger partial charge in [-0.15, -0.1) is 0 Å². The van der Waals surface area contributed by atoms with Crippen LogP contribution in [0.3, 0.4) is 0 Å². The molecule has 0 bridgehead atoms. The second-order valence-electron chi connectivity index (χ2n) is 5.23. The Hall–Kier alpha value is -0.810. The van der Waals surface area contributed by atoms with E-state index in [1.807, 2.05) is 32.5 Å². The molecule has 0 aliphatic rings. The molecule has 114 valence electrons. The monoisotopic (exact) mass is 297 g/mol. The Morgan fingerprint density at radius 2 is 1.95 bits per heavy atom. The van der Waals surface area contributed by atoms with Gasteiger partial charge in [0.05, 0.1) is 5.56 Å². The molecule has 2 N–H and O–H groups in total. The smallest absolute Gasteiger partial charge is 0.255 e. The third-order valence-electron chi connectivity index (χ3n) is 3.42. The molecule has 1 heterocycles. The molecule has 4 nitrogen and oxygen atoms in total. The summed E-state index contributed by atoms with van der Waals surface area (Å²) in [5.41, 5.74) is 1.57. The number of hydrogen-bond acceptors (Lipinski definition) is 4. The summed E-state index contributed by atoms with van der Waals surface area (Å²) >= 11 is 1.91. The molecule has 5 heteroatoms. The van der Waals surface area contributed by atoms with Gasteiger partial charge in [-0.1, -0.05) is 12.8 Å². The number of nitrogens with one attached hydrogen (secondary N) is 2. The minimum atomic E-state index is -0.0185. The lowest BCUT2D eigenvalue weighted by molar-refractivity contribution is 0.530. The third kappa shape index (κ3) is 5.67. The van der Waals surface area contributed by atoms with E-state index in [1.165, 1.54) is 25.0 Å². The lowest BCUT2D eigenvalue weighted by Gasteiger charge is -2.15. The summed E-state index contributed by atoms with van der Waals surface area (Å²) < 4.78 is 0. The maximum Gasteiger partial charge on any atom is 0.255 e. The first kappa shape index (κ1) is 17.2. The van der Waals surface area contributed by atoms with Crippen LogP contribution in [-0.2, 0) is 0 Å². The van der Waals surface area contributed by atoms with Crippen LogP contribution in [0.25, 0.3) is 0 Å². The summed E-state index contributed by atoms with van der Waals surface area (Å²) in [5.74, 6) is 1.94.